The summed E-state index contributed by atoms with van der Waals surface area (Å²) in [4.78, 5) is 2.39. The molecule has 0 aliphatic heterocycles. The minimum Gasteiger partial charge on any atom is -0.306 e. The van der Waals surface area contributed by atoms with Crippen LogP contribution >= 0.6 is 0 Å². The molecule has 1 saturated carbocycles. The smallest absolute Gasteiger partial charge is 0.0117 e. The molecule has 1 nitrogen and oxygen atoms in total. The van der Waals surface area contributed by atoms with Crippen molar-refractivity contribution >= 4 is 0 Å². The van der Waals surface area contributed by atoms with Crippen LogP contribution in [0.2, 0.25) is 0 Å². The fourth-order valence-electron chi connectivity index (χ4n) is 2.41. The minimum atomic E-state index is 0.847. The molecule has 0 heterocycles. The molecule has 66 valence electrons. The molecule has 0 aromatic rings. The van der Waals surface area contributed by atoms with Gasteiger partial charge in [0.2, 0.25) is 0 Å². The van der Waals surface area contributed by atoms with Gasteiger partial charge in [-0.15, -0.1) is 0 Å². The van der Waals surface area contributed by atoms with Crippen LogP contribution in [0.1, 0.15) is 33.1 Å². The lowest BCUT2D eigenvalue weighted by atomic mass is 10.0. The summed E-state index contributed by atoms with van der Waals surface area (Å²) >= 11 is 0. The third kappa shape index (κ3) is 1.96. The van der Waals surface area contributed by atoms with Gasteiger partial charge in [-0.25, -0.2) is 0 Å². The highest BCUT2D eigenvalue weighted by atomic mass is 15.1. The highest BCUT2D eigenvalue weighted by Crippen LogP contribution is 2.34. The number of hydrogen-bond acceptors (Lipinski definition) is 1. The summed E-state index contributed by atoms with van der Waals surface area (Å²) in [5, 5.41) is 0. The lowest BCUT2D eigenvalue weighted by Crippen LogP contribution is -2.29. The van der Waals surface area contributed by atoms with E-state index < -0.39 is 0 Å². The van der Waals surface area contributed by atoms with E-state index in [4.69, 9.17) is 0 Å². The van der Waals surface area contributed by atoms with Crippen molar-refractivity contribution in [1.29, 1.82) is 0 Å². The van der Waals surface area contributed by atoms with Crippen LogP contribution < -0.4 is 0 Å². The molecule has 1 heteroatoms. The molecular weight excluding hydrogens is 134 g/mol. The summed E-state index contributed by atoms with van der Waals surface area (Å²) in [6.45, 7) is 4.70. The minimum absolute atomic E-state index is 0.847. The molecule has 3 atom stereocenters. The van der Waals surface area contributed by atoms with Gasteiger partial charge in [-0.1, -0.05) is 20.3 Å². The maximum atomic E-state index is 2.39. The molecule has 11 heavy (non-hydrogen) atoms. The van der Waals surface area contributed by atoms with Crippen molar-refractivity contribution in [3.63, 3.8) is 0 Å². The molecule has 0 aromatic carbocycles. The summed E-state index contributed by atoms with van der Waals surface area (Å²) in [7, 11) is 4.42. The van der Waals surface area contributed by atoms with E-state index in [2.05, 4.69) is 32.8 Å². The maximum Gasteiger partial charge on any atom is 0.0117 e. The lowest BCUT2D eigenvalue weighted by molar-refractivity contribution is 0.247. The van der Waals surface area contributed by atoms with Crippen LogP contribution in [-0.4, -0.2) is 25.0 Å². The van der Waals surface area contributed by atoms with Crippen LogP contribution in [0.25, 0.3) is 0 Å². The summed E-state index contributed by atoms with van der Waals surface area (Å²) < 4.78 is 0. The molecular formula is C10H21N. The molecule has 0 saturated heterocycles. The Hall–Kier alpha value is -0.0400. The van der Waals surface area contributed by atoms with E-state index in [1.165, 1.54) is 19.3 Å². The van der Waals surface area contributed by atoms with E-state index in [1.54, 1.807) is 0 Å². The van der Waals surface area contributed by atoms with E-state index in [-0.39, 0.29) is 0 Å². The van der Waals surface area contributed by atoms with Crippen LogP contribution in [0.15, 0.2) is 0 Å². The predicted octanol–water partition coefficient (Wildman–Crippen LogP) is 2.37. The highest BCUT2D eigenvalue weighted by Gasteiger charge is 2.31. The first-order valence-corrected chi connectivity index (χ1v) is 4.81. The third-order valence-electron chi connectivity index (χ3n) is 3.18. The molecule has 0 bridgehead atoms. The van der Waals surface area contributed by atoms with Gasteiger partial charge in [0.15, 0.2) is 0 Å². The van der Waals surface area contributed by atoms with Crippen LogP contribution in [0.4, 0.5) is 0 Å². The van der Waals surface area contributed by atoms with Gasteiger partial charge in [0.05, 0.1) is 0 Å². The second-order valence-electron chi connectivity index (χ2n) is 4.25. The van der Waals surface area contributed by atoms with E-state index in [9.17, 15) is 0 Å². The van der Waals surface area contributed by atoms with Gasteiger partial charge in [0.1, 0.15) is 0 Å². The topological polar surface area (TPSA) is 3.24 Å². The molecule has 3 unspecified atom stereocenters. The average molecular weight is 155 g/mol. The first-order valence-electron chi connectivity index (χ1n) is 4.81. The van der Waals surface area contributed by atoms with Crippen LogP contribution in [0.5, 0.6) is 0 Å². The van der Waals surface area contributed by atoms with Crippen LogP contribution in [-0.2, 0) is 0 Å². The first-order chi connectivity index (χ1) is 5.15. The quantitative estimate of drug-likeness (QED) is 0.592. The van der Waals surface area contributed by atoms with Gasteiger partial charge in [0.25, 0.3) is 0 Å². The lowest BCUT2D eigenvalue weighted by Gasteiger charge is -2.23. The van der Waals surface area contributed by atoms with Crippen molar-refractivity contribution in [2.75, 3.05) is 14.1 Å². The summed E-state index contributed by atoms with van der Waals surface area (Å²) in [6, 6.07) is 0.847. The Morgan fingerprint density at radius 2 is 1.91 bits per heavy atom. The molecule has 0 radical (unpaired) electrons. The van der Waals surface area contributed by atoms with Gasteiger partial charge in [-0.3, -0.25) is 0 Å². The van der Waals surface area contributed by atoms with Gasteiger partial charge in [-0.05, 0) is 38.8 Å². The summed E-state index contributed by atoms with van der Waals surface area (Å²) in [6.07, 6.45) is 4.23. The van der Waals surface area contributed by atoms with Crippen LogP contribution in [0, 0.1) is 11.8 Å². The number of rotatable bonds is 2. The Bertz CT molecular complexity index is 120. The molecule has 1 aliphatic rings. The van der Waals surface area contributed by atoms with Crippen molar-refractivity contribution in [3.8, 4) is 0 Å². The van der Waals surface area contributed by atoms with E-state index in [0.717, 1.165) is 17.9 Å². The van der Waals surface area contributed by atoms with Crippen molar-refractivity contribution in [2.24, 2.45) is 11.8 Å². The standard InChI is InChI=1S/C10H21N/c1-5-9-6-8(2)10(7-9)11(3)4/h8-10H,5-7H2,1-4H3. The number of hydrogen-bond donors (Lipinski definition) is 0. The largest absolute Gasteiger partial charge is 0.306 e. The van der Waals surface area contributed by atoms with Crippen molar-refractivity contribution in [3.05, 3.63) is 0 Å². The molecule has 0 spiro atoms. The third-order valence-corrected chi connectivity index (χ3v) is 3.18. The Morgan fingerprint density at radius 1 is 1.27 bits per heavy atom. The normalized spacial score (nSPS) is 38.5. The van der Waals surface area contributed by atoms with E-state index >= 15 is 0 Å². The van der Waals surface area contributed by atoms with Crippen LogP contribution in [0.3, 0.4) is 0 Å². The Labute approximate surface area is 70.8 Å². The van der Waals surface area contributed by atoms with Gasteiger partial charge in [-0.2, -0.15) is 0 Å². The zero-order valence-corrected chi connectivity index (χ0v) is 8.30. The van der Waals surface area contributed by atoms with Crippen molar-refractivity contribution in [1.82, 2.24) is 4.90 Å². The Morgan fingerprint density at radius 3 is 2.18 bits per heavy atom. The highest BCUT2D eigenvalue weighted by molar-refractivity contribution is 4.84. The van der Waals surface area contributed by atoms with Crippen molar-refractivity contribution < 1.29 is 0 Å². The number of nitrogens with zero attached hydrogens (tertiary/aromatic N) is 1. The molecule has 1 fully saturated rings. The summed E-state index contributed by atoms with van der Waals surface area (Å²) in [5.74, 6) is 1.91. The Balaban J connectivity index is 2.45. The molecule has 1 aliphatic carbocycles. The fraction of sp³-hybridized carbons (Fsp3) is 1.00. The van der Waals surface area contributed by atoms with Gasteiger partial charge < -0.3 is 4.90 Å². The second-order valence-corrected chi connectivity index (χ2v) is 4.25. The summed E-state index contributed by atoms with van der Waals surface area (Å²) in [5.41, 5.74) is 0. The van der Waals surface area contributed by atoms with Gasteiger partial charge in [0, 0.05) is 6.04 Å². The average Bonchev–Trinajstić information content (AvgIpc) is 2.30. The first kappa shape index (κ1) is 9.05. The zero-order valence-electron chi connectivity index (χ0n) is 8.30. The monoisotopic (exact) mass is 155 g/mol. The molecule has 0 aromatic heterocycles. The second kappa shape index (κ2) is 3.57. The predicted molar refractivity (Wildman–Crippen MR) is 49.7 cm³/mol. The SMILES string of the molecule is CCC1CC(C)C(N(C)C)C1. The Kier molecular flexibility index (Phi) is 2.94. The fourth-order valence-corrected chi connectivity index (χ4v) is 2.41. The molecule has 1 rings (SSSR count). The van der Waals surface area contributed by atoms with E-state index in [1.807, 2.05) is 0 Å². The van der Waals surface area contributed by atoms with Crippen molar-refractivity contribution in [2.45, 2.75) is 39.2 Å². The maximum absolute atomic E-state index is 2.39. The zero-order chi connectivity index (χ0) is 8.43. The van der Waals surface area contributed by atoms with Gasteiger partial charge >= 0.3 is 0 Å². The van der Waals surface area contributed by atoms with E-state index in [0.29, 0.717) is 0 Å². The molecule has 0 amide bonds. The molecule has 0 N–H and O–H groups in total.